The lowest BCUT2D eigenvalue weighted by Gasteiger charge is -2.17. The van der Waals surface area contributed by atoms with Gasteiger partial charge in [-0.2, -0.15) is 0 Å². The van der Waals surface area contributed by atoms with Crippen molar-refractivity contribution in [1.29, 1.82) is 0 Å². The SMILES string of the molecule is O=C(O)[C@@H]1[C@H]2O[C@@H]([C@@H]3O[C@H]32)[C@H]1C(=O)O. The Labute approximate surface area is 78.4 Å². The Bertz CT molecular complexity index is 296. The van der Waals surface area contributed by atoms with Gasteiger partial charge in [0.15, 0.2) is 0 Å². The minimum absolute atomic E-state index is 0.184. The number of hydrogen-bond acceptors (Lipinski definition) is 4. The van der Waals surface area contributed by atoms with E-state index in [1.54, 1.807) is 0 Å². The second-order valence-electron chi connectivity index (χ2n) is 3.86. The summed E-state index contributed by atoms with van der Waals surface area (Å²) in [7, 11) is 0. The standard InChI is InChI=1S/C8H8O6/c9-7(10)1-2(8(11)12)4-6-5(14-6)3(1)13-4/h1-6H,(H,9,10)(H,11,12)/t1-,2-,3+,4+,5-,6-/m0/s1. The van der Waals surface area contributed by atoms with Crippen LogP contribution in [0.25, 0.3) is 0 Å². The molecule has 0 aromatic carbocycles. The summed E-state index contributed by atoms with van der Waals surface area (Å²) in [6, 6.07) is 0. The van der Waals surface area contributed by atoms with Crippen molar-refractivity contribution >= 4 is 11.9 Å². The molecule has 3 aliphatic rings. The van der Waals surface area contributed by atoms with Gasteiger partial charge in [-0.25, -0.2) is 0 Å². The van der Waals surface area contributed by atoms with Crippen molar-refractivity contribution in [3.8, 4) is 0 Å². The molecule has 0 aliphatic carbocycles. The first-order valence-corrected chi connectivity index (χ1v) is 4.38. The molecule has 0 radical (unpaired) electrons. The monoisotopic (exact) mass is 200 g/mol. The summed E-state index contributed by atoms with van der Waals surface area (Å²) in [4.78, 5) is 21.7. The molecule has 3 fully saturated rings. The molecule has 76 valence electrons. The van der Waals surface area contributed by atoms with Crippen LogP contribution in [0.1, 0.15) is 0 Å². The number of ether oxygens (including phenoxy) is 2. The van der Waals surface area contributed by atoms with E-state index in [2.05, 4.69) is 0 Å². The van der Waals surface area contributed by atoms with Gasteiger partial charge in [0, 0.05) is 0 Å². The summed E-state index contributed by atoms with van der Waals surface area (Å²) in [5.74, 6) is -4.14. The average molecular weight is 200 g/mol. The first-order chi connectivity index (χ1) is 6.61. The number of aliphatic carboxylic acids is 2. The Morgan fingerprint density at radius 3 is 1.50 bits per heavy atom. The minimum atomic E-state index is -1.11. The summed E-state index contributed by atoms with van der Waals surface area (Å²) < 4.78 is 10.4. The van der Waals surface area contributed by atoms with Gasteiger partial charge in [0.05, 0.1) is 0 Å². The predicted molar refractivity (Wildman–Crippen MR) is 39.6 cm³/mol. The smallest absolute Gasteiger partial charge is 0.310 e. The molecule has 0 aromatic rings. The minimum Gasteiger partial charge on any atom is -0.481 e. The molecule has 0 unspecified atom stereocenters. The summed E-state index contributed by atoms with van der Waals surface area (Å²) >= 11 is 0. The molecule has 0 aromatic heterocycles. The maximum absolute atomic E-state index is 10.9. The molecule has 6 heteroatoms. The van der Waals surface area contributed by atoms with Crippen LogP contribution in [-0.4, -0.2) is 46.6 Å². The molecular formula is C8H8O6. The van der Waals surface area contributed by atoms with Crippen molar-refractivity contribution in [2.75, 3.05) is 0 Å². The van der Waals surface area contributed by atoms with Crippen molar-refractivity contribution in [1.82, 2.24) is 0 Å². The van der Waals surface area contributed by atoms with Gasteiger partial charge in [0.1, 0.15) is 36.3 Å². The molecule has 0 amide bonds. The van der Waals surface area contributed by atoms with Crippen molar-refractivity contribution in [2.24, 2.45) is 11.8 Å². The van der Waals surface area contributed by atoms with E-state index in [0.29, 0.717) is 0 Å². The van der Waals surface area contributed by atoms with E-state index in [-0.39, 0.29) is 12.2 Å². The highest BCUT2D eigenvalue weighted by Gasteiger charge is 2.72. The number of rotatable bonds is 2. The number of carbonyl (C=O) groups is 2. The van der Waals surface area contributed by atoms with Crippen LogP contribution >= 0.6 is 0 Å². The molecule has 2 bridgehead atoms. The van der Waals surface area contributed by atoms with Crippen LogP contribution in [0.3, 0.4) is 0 Å². The van der Waals surface area contributed by atoms with Gasteiger partial charge in [0.2, 0.25) is 0 Å². The maximum Gasteiger partial charge on any atom is 0.310 e. The van der Waals surface area contributed by atoms with Crippen molar-refractivity contribution < 1.29 is 29.3 Å². The number of fused-ring (bicyclic) bond motifs is 5. The van der Waals surface area contributed by atoms with Gasteiger partial charge in [0.25, 0.3) is 0 Å². The summed E-state index contributed by atoms with van der Waals surface area (Å²) in [6.07, 6.45) is -1.50. The zero-order chi connectivity index (χ0) is 10.0. The summed E-state index contributed by atoms with van der Waals surface area (Å²) in [5.41, 5.74) is 0. The van der Waals surface area contributed by atoms with E-state index in [9.17, 15) is 9.59 Å². The fraction of sp³-hybridized carbons (Fsp3) is 0.750. The van der Waals surface area contributed by atoms with Crippen molar-refractivity contribution in [3.05, 3.63) is 0 Å². The molecule has 14 heavy (non-hydrogen) atoms. The van der Waals surface area contributed by atoms with Crippen molar-refractivity contribution in [2.45, 2.75) is 24.4 Å². The van der Waals surface area contributed by atoms with Gasteiger partial charge >= 0.3 is 11.9 Å². The highest BCUT2D eigenvalue weighted by Crippen LogP contribution is 2.53. The van der Waals surface area contributed by atoms with Gasteiger partial charge in [-0.3, -0.25) is 9.59 Å². The van der Waals surface area contributed by atoms with Crippen LogP contribution in [-0.2, 0) is 19.1 Å². The van der Waals surface area contributed by atoms with E-state index < -0.39 is 36.0 Å². The first-order valence-electron chi connectivity index (χ1n) is 4.38. The number of carboxylic acid groups (broad SMARTS) is 2. The zero-order valence-electron chi connectivity index (χ0n) is 6.99. The van der Waals surface area contributed by atoms with Crippen LogP contribution in [0.4, 0.5) is 0 Å². The van der Waals surface area contributed by atoms with Crippen LogP contribution in [0.5, 0.6) is 0 Å². The van der Waals surface area contributed by atoms with E-state index in [0.717, 1.165) is 0 Å². The van der Waals surface area contributed by atoms with E-state index >= 15 is 0 Å². The third-order valence-corrected chi connectivity index (χ3v) is 3.19. The third kappa shape index (κ3) is 0.777. The number of carboxylic acids is 2. The normalized spacial score (nSPS) is 52.9. The van der Waals surface area contributed by atoms with Crippen LogP contribution < -0.4 is 0 Å². The molecule has 3 saturated heterocycles. The van der Waals surface area contributed by atoms with Crippen molar-refractivity contribution in [3.63, 3.8) is 0 Å². The quantitative estimate of drug-likeness (QED) is 0.551. The number of hydrogen-bond donors (Lipinski definition) is 2. The lowest BCUT2D eigenvalue weighted by atomic mass is 9.79. The van der Waals surface area contributed by atoms with Gasteiger partial charge in [-0.1, -0.05) is 0 Å². The highest BCUT2D eigenvalue weighted by molar-refractivity contribution is 5.82. The molecular weight excluding hydrogens is 192 g/mol. The largest absolute Gasteiger partial charge is 0.481 e. The second kappa shape index (κ2) is 2.26. The fourth-order valence-electron chi connectivity index (χ4n) is 2.58. The molecule has 0 spiro atoms. The molecule has 3 aliphatic heterocycles. The molecule has 6 nitrogen and oxygen atoms in total. The zero-order valence-corrected chi connectivity index (χ0v) is 6.99. The van der Waals surface area contributed by atoms with Crippen LogP contribution in [0, 0.1) is 11.8 Å². The Balaban J connectivity index is 1.95. The van der Waals surface area contributed by atoms with Gasteiger partial charge in [-0.15, -0.1) is 0 Å². The summed E-state index contributed by atoms with van der Waals surface area (Å²) in [5, 5.41) is 17.8. The molecule has 3 rings (SSSR count). The van der Waals surface area contributed by atoms with Crippen LogP contribution in [0.2, 0.25) is 0 Å². The van der Waals surface area contributed by atoms with E-state index in [4.69, 9.17) is 19.7 Å². The Hall–Kier alpha value is -1.14. The van der Waals surface area contributed by atoms with E-state index in [1.165, 1.54) is 0 Å². The predicted octanol–water partition coefficient (Wildman–Crippen LogP) is -1.06. The lowest BCUT2D eigenvalue weighted by molar-refractivity contribution is -0.153. The Kier molecular flexibility index (Phi) is 1.32. The lowest BCUT2D eigenvalue weighted by Crippen LogP contribution is -2.41. The maximum atomic E-state index is 10.9. The Morgan fingerprint density at radius 2 is 1.14 bits per heavy atom. The van der Waals surface area contributed by atoms with E-state index in [1.807, 2.05) is 0 Å². The average Bonchev–Trinajstić information content (AvgIpc) is 2.71. The number of epoxide rings is 1. The molecule has 3 heterocycles. The second-order valence-corrected chi connectivity index (χ2v) is 3.86. The fourth-order valence-corrected chi connectivity index (χ4v) is 2.58. The first kappa shape index (κ1) is 8.19. The molecule has 2 N–H and O–H groups in total. The Morgan fingerprint density at radius 1 is 0.786 bits per heavy atom. The third-order valence-electron chi connectivity index (χ3n) is 3.19. The van der Waals surface area contributed by atoms with Gasteiger partial charge in [-0.05, 0) is 0 Å². The van der Waals surface area contributed by atoms with Gasteiger partial charge < -0.3 is 19.7 Å². The topological polar surface area (TPSA) is 96.4 Å². The molecule has 0 saturated carbocycles. The van der Waals surface area contributed by atoms with Crippen LogP contribution in [0.15, 0.2) is 0 Å². The summed E-state index contributed by atoms with van der Waals surface area (Å²) in [6.45, 7) is 0. The molecule has 6 atom stereocenters. The highest BCUT2D eigenvalue weighted by atomic mass is 16.7.